The van der Waals surface area contributed by atoms with Gasteiger partial charge in [-0.05, 0) is 12.3 Å². The van der Waals surface area contributed by atoms with Gasteiger partial charge in [-0.3, -0.25) is 0 Å². The van der Waals surface area contributed by atoms with Crippen LogP contribution in [-0.4, -0.2) is 13.6 Å². The van der Waals surface area contributed by atoms with E-state index in [9.17, 15) is 0 Å². The lowest BCUT2D eigenvalue weighted by atomic mass is 9.98. The molecule has 0 aromatic rings. The fourth-order valence-electron chi connectivity index (χ4n) is 1.54. The molecule has 0 aromatic heterocycles. The van der Waals surface area contributed by atoms with Gasteiger partial charge in [-0.25, -0.2) is 4.94 Å². The molecule has 3 nitrogen and oxygen atoms in total. The molecule has 0 amide bonds. The van der Waals surface area contributed by atoms with Crippen LogP contribution in [0.3, 0.4) is 0 Å². The monoisotopic (exact) mass is 202 g/mol. The molecule has 3 heteroatoms. The Hall–Kier alpha value is -0.120. The first kappa shape index (κ1) is 13.9. The van der Waals surface area contributed by atoms with Gasteiger partial charge in [0.2, 0.25) is 0 Å². The SMILES string of the molecule is CCCCCCC(CC)CNONC. The number of rotatable bonds is 10. The van der Waals surface area contributed by atoms with E-state index in [1.54, 1.807) is 7.05 Å². The first-order chi connectivity index (χ1) is 6.85. The normalized spacial score (nSPS) is 13.1. The van der Waals surface area contributed by atoms with E-state index in [0.29, 0.717) is 0 Å². The molecule has 1 atom stereocenters. The van der Waals surface area contributed by atoms with Crippen molar-refractivity contribution in [3.63, 3.8) is 0 Å². The minimum absolute atomic E-state index is 0.750. The maximum atomic E-state index is 4.89. The van der Waals surface area contributed by atoms with E-state index in [-0.39, 0.29) is 0 Å². The van der Waals surface area contributed by atoms with Crippen molar-refractivity contribution < 1.29 is 4.94 Å². The van der Waals surface area contributed by atoms with E-state index in [0.717, 1.165) is 12.5 Å². The summed E-state index contributed by atoms with van der Waals surface area (Å²) < 4.78 is 0. The van der Waals surface area contributed by atoms with Crippen molar-refractivity contribution >= 4 is 0 Å². The summed E-state index contributed by atoms with van der Waals surface area (Å²) in [5, 5.41) is 0. The molecule has 0 saturated carbocycles. The highest BCUT2D eigenvalue weighted by Crippen LogP contribution is 2.13. The molecule has 0 fully saturated rings. The second-order valence-corrected chi connectivity index (χ2v) is 3.78. The Balaban J connectivity index is 3.28. The van der Waals surface area contributed by atoms with Crippen molar-refractivity contribution in [1.29, 1.82) is 0 Å². The third-order valence-electron chi connectivity index (χ3n) is 2.59. The summed E-state index contributed by atoms with van der Waals surface area (Å²) in [7, 11) is 1.76. The second-order valence-electron chi connectivity index (χ2n) is 3.78. The summed E-state index contributed by atoms with van der Waals surface area (Å²) in [6.45, 7) is 5.44. The van der Waals surface area contributed by atoms with Gasteiger partial charge in [0, 0.05) is 13.6 Å². The van der Waals surface area contributed by atoms with Crippen LogP contribution >= 0.6 is 0 Å². The molecule has 0 spiro atoms. The predicted molar refractivity (Wildman–Crippen MR) is 60.7 cm³/mol. The van der Waals surface area contributed by atoms with Gasteiger partial charge in [-0.15, -0.1) is 0 Å². The lowest BCUT2D eigenvalue weighted by molar-refractivity contribution is -0.0321. The van der Waals surface area contributed by atoms with Crippen molar-refractivity contribution in [1.82, 2.24) is 11.0 Å². The fraction of sp³-hybridized carbons (Fsp3) is 1.00. The lowest BCUT2D eigenvalue weighted by Gasteiger charge is -2.14. The van der Waals surface area contributed by atoms with Gasteiger partial charge in [0.1, 0.15) is 0 Å². The quantitative estimate of drug-likeness (QED) is 0.422. The molecule has 1 unspecified atom stereocenters. The topological polar surface area (TPSA) is 33.3 Å². The Morgan fingerprint density at radius 1 is 1.14 bits per heavy atom. The zero-order valence-corrected chi connectivity index (χ0v) is 9.94. The van der Waals surface area contributed by atoms with Crippen molar-refractivity contribution in [2.45, 2.75) is 52.4 Å². The Kier molecular flexibility index (Phi) is 10.9. The molecule has 0 saturated heterocycles. The molecular formula is C11H26N2O. The molecule has 14 heavy (non-hydrogen) atoms. The summed E-state index contributed by atoms with van der Waals surface area (Å²) >= 11 is 0. The average Bonchev–Trinajstić information content (AvgIpc) is 2.22. The van der Waals surface area contributed by atoms with Crippen molar-refractivity contribution in [3.8, 4) is 0 Å². The van der Waals surface area contributed by atoms with Gasteiger partial charge in [0.25, 0.3) is 0 Å². The van der Waals surface area contributed by atoms with E-state index < -0.39 is 0 Å². The largest absolute Gasteiger partial charge is 0.214 e. The fourth-order valence-corrected chi connectivity index (χ4v) is 1.54. The predicted octanol–water partition coefficient (Wildman–Crippen LogP) is 2.64. The molecule has 0 aromatic carbocycles. The molecule has 0 aliphatic rings. The van der Waals surface area contributed by atoms with Gasteiger partial charge in [-0.1, -0.05) is 46.0 Å². The highest BCUT2D eigenvalue weighted by Gasteiger charge is 2.05. The molecule has 0 rings (SSSR count). The maximum absolute atomic E-state index is 4.89. The molecule has 0 heterocycles. The van der Waals surface area contributed by atoms with Gasteiger partial charge >= 0.3 is 0 Å². The molecule has 0 aliphatic carbocycles. The highest BCUT2D eigenvalue weighted by molar-refractivity contribution is 4.58. The lowest BCUT2D eigenvalue weighted by Crippen LogP contribution is -2.27. The zero-order valence-electron chi connectivity index (χ0n) is 9.94. The van der Waals surface area contributed by atoms with Crippen LogP contribution in [0.15, 0.2) is 0 Å². The van der Waals surface area contributed by atoms with Crippen molar-refractivity contribution in [2.75, 3.05) is 13.6 Å². The first-order valence-electron chi connectivity index (χ1n) is 5.90. The van der Waals surface area contributed by atoms with E-state index in [2.05, 4.69) is 24.8 Å². The average molecular weight is 202 g/mol. The van der Waals surface area contributed by atoms with E-state index in [1.807, 2.05) is 0 Å². The van der Waals surface area contributed by atoms with Gasteiger partial charge < -0.3 is 0 Å². The van der Waals surface area contributed by atoms with Crippen LogP contribution in [0.2, 0.25) is 0 Å². The van der Waals surface area contributed by atoms with Crippen LogP contribution in [0.1, 0.15) is 52.4 Å². The Morgan fingerprint density at radius 3 is 2.50 bits per heavy atom. The van der Waals surface area contributed by atoms with Crippen LogP contribution in [0, 0.1) is 5.92 Å². The molecule has 86 valence electrons. The minimum Gasteiger partial charge on any atom is -0.214 e. The third kappa shape index (κ3) is 8.48. The van der Waals surface area contributed by atoms with Crippen LogP contribution in [0.5, 0.6) is 0 Å². The summed E-state index contributed by atoms with van der Waals surface area (Å²) in [5.74, 6) is 0.750. The zero-order chi connectivity index (χ0) is 10.6. The van der Waals surface area contributed by atoms with E-state index in [4.69, 9.17) is 4.94 Å². The van der Waals surface area contributed by atoms with Gasteiger partial charge in [0.05, 0.1) is 0 Å². The Morgan fingerprint density at radius 2 is 1.93 bits per heavy atom. The summed E-state index contributed by atoms with van der Waals surface area (Å²) in [5.41, 5.74) is 5.53. The Labute approximate surface area is 88.5 Å². The van der Waals surface area contributed by atoms with Gasteiger partial charge in [0.15, 0.2) is 0 Å². The maximum Gasteiger partial charge on any atom is 0.0257 e. The summed E-state index contributed by atoms with van der Waals surface area (Å²) in [6, 6.07) is 0. The van der Waals surface area contributed by atoms with Crippen molar-refractivity contribution in [3.05, 3.63) is 0 Å². The first-order valence-corrected chi connectivity index (χ1v) is 5.90. The molecule has 0 bridgehead atoms. The Bertz CT molecular complexity index is 109. The second kappa shape index (κ2) is 11.0. The molecule has 2 N–H and O–H groups in total. The van der Waals surface area contributed by atoms with Crippen LogP contribution in [0.4, 0.5) is 0 Å². The van der Waals surface area contributed by atoms with E-state index in [1.165, 1.54) is 38.5 Å². The van der Waals surface area contributed by atoms with Crippen LogP contribution < -0.4 is 11.0 Å². The summed E-state index contributed by atoms with van der Waals surface area (Å²) in [6.07, 6.45) is 7.96. The molecular weight excluding hydrogens is 176 g/mol. The smallest absolute Gasteiger partial charge is 0.0257 e. The molecule has 0 radical (unpaired) electrons. The van der Waals surface area contributed by atoms with Crippen LogP contribution in [-0.2, 0) is 4.94 Å². The summed E-state index contributed by atoms with van der Waals surface area (Å²) in [4.78, 5) is 4.89. The number of unbranched alkanes of at least 4 members (excludes halogenated alkanes) is 3. The standard InChI is InChI=1S/C11H26N2O/c1-4-6-7-8-9-11(5-2)10-13-14-12-3/h11-13H,4-10H2,1-3H3. The van der Waals surface area contributed by atoms with E-state index >= 15 is 0 Å². The third-order valence-corrected chi connectivity index (χ3v) is 2.59. The van der Waals surface area contributed by atoms with Crippen molar-refractivity contribution in [2.24, 2.45) is 5.92 Å². The number of nitrogens with one attached hydrogen (secondary N) is 2. The number of hydroxylamine groups is 2. The van der Waals surface area contributed by atoms with Gasteiger partial charge in [-0.2, -0.15) is 11.0 Å². The molecule has 0 aliphatic heterocycles. The van der Waals surface area contributed by atoms with Crippen LogP contribution in [0.25, 0.3) is 0 Å². The minimum atomic E-state index is 0.750. The number of hydrogen-bond acceptors (Lipinski definition) is 3. The highest BCUT2D eigenvalue weighted by atomic mass is 16.8. The number of hydrogen-bond donors (Lipinski definition) is 2.